The van der Waals surface area contributed by atoms with E-state index in [1.807, 2.05) is 0 Å². The Bertz CT molecular complexity index is 849. The molecule has 0 aromatic heterocycles. The molecule has 0 radical (unpaired) electrons. The summed E-state index contributed by atoms with van der Waals surface area (Å²) in [6, 6.07) is 10.7. The lowest BCUT2D eigenvalue weighted by molar-refractivity contribution is -0.274. The van der Waals surface area contributed by atoms with E-state index < -0.39 is 24.2 Å². The SMILES string of the molecule is CC1(C)Oc2cc(-c3cccc(OC(F)(F)F)c3)ccc2C1OC(N)=O. The van der Waals surface area contributed by atoms with Crippen molar-refractivity contribution >= 4 is 6.09 Å². The molecule has 1 aliphatic heterocycles. The van der Waals surface area contributed by atoms with Gasteiger partial charge in [-0.3, -0.25) is 0 Å². The molecule has 26 heavy (non-hydrogen) atoms. The topological polar surface area (TPSA) is 70.8 Å². The normalized spacial score (nSPS) is 18.0. The molecular weight excluding hydrogens is 351 g/mol. The third-order valence-electron chi connectivity index (χ3n) is 3.94. The summed E-state index contributed by atoms with van der Waals surface area (Å²) in [6.45, 7) is 3.50. The van der Waals surface area contributed by atoms with Crippen molar-refractivity contribution in [2.24, 2.45) is 5.73 Å². The molecule has 3 rings (SSSR count). The van der Waals surface area contributed by atoms with Crippen LogP contribution in [0.1, 0.15) is 25.5 Å². The second kappa shape index (κ2) is 6.12. The van der Waals surface area contributed by atoms with Crippen LogP contribution in [0.5, 0.6) is 11.5 Å². The number of fused-ring (bicyclic) bond motifs is 1. The summed E-state index contributed by atoms with van der Waals surface area (Å²) in [7, 11) is 0. The van der Waals surface area contributed by atoms with Gasteiger partial charge in [0.1, 0.15) is 17.1 Å². The van der Waals surface area contributed by atoms with Crippen LogP contribution in [0.3, 0.4) is 0 Å². The van der Waals surface area contributed by atoms with Crippen LogP contribution in [-0.4, -0.2) is 18.1 Å². The van der Waals surface area contributed by atoms with Crippen molar-refractivity contribution in [1.29, 1.82) is 0 Å². The van der Waals surface area contributed by atoms with E-state index in [0.717, 1.165) is 0 Å². The molecule has 5 nitrogen and oxygen atoms in total. The number of rotatable bonds is 3. The smallest absolute Gasteiger partial charge is 0.483 e. The number of hydrogen-bond donors (Lipinski definition) is 1. The van der Waals surface area contributed by atoms with Crippen LogP contribution < -0.4 is 15.2 Å². The fourth-order valence-corrected chi connectivity index (χ4v) is 2.92. The number of carbonyl (C=O) groups excluding carboxylic acids is 1. The van der Waals surface area contributed by atoms with Crippen molar-refractivity contribution in [3.05, 3.63) is 48.0 Å². The van der Waals surface area contributed by atoms with E-state index in [4.69, 9.17) is 15.2 Å². The molecule has 1 heterocycles. The second-order valence-electron chi connectivity index (χ2n) is 6.35. The lowest BCUT2D eigenvalue weighted by atomic mass is 9.95. The molecule has 1 unspecified atom stereocenters. The van der Waals surface area contributed by atoms with Crippen molar-refractivity contribution in [3.8, 4) is 22.6 Å². The molecule has 2 aromatic rings. The Morgan fingerprint density at radius 2 is 1.85 bits per heavy atom. The maximum atomic E-state index is 12.4. The van der Waals surface area contributed by atoms with Gasteiger partial charge in [0.2, 0.25) is 0 Å². The quantitative estimate of drug-likeness (QED) is 0.863. The van der Waals surface area contributed by atoms with Crippen LogP contribution in [0.25, 0.3) is 11.1 Å². The molecule has 1 atom stereocenters. The summed E-state index contributed by atoms with van der Waals surface area (Å²) >= 11 is 0. The van der Waals surface area contributed by atoms with Gasteiger partial charge in [0.05, 0.1) is 0 Å². The molecule has 2 aromatic carbocycles. The van der Waals surface area contributed by atoms with Gasteiger partial charge in [0.25, 0.3) is 0 Å². The number of halogens is 3. The lowest BCUT2D eigenvalue weighted by Gasteiger charge is -2.25. The average Bonchev–Trinajstić information content (AvgIpc) is 2.75. The molecule has 0 saturated carbocycles. The molecule has 0 bridgehead atoms. The number of amides is 1. The first-order chi connectivity index (χ1) is 12.0. The standard InChI is InChI=1S/C18H16F3NO4/c1-17(2)15(24-16(22)23)13-7-6-11(9-14(13)26-17)10-4-3-5-12(8-10)25-18(19,20)21/h3-9,15H,1-2H3,(H2,22,23). The highest BCUT2D eigenvalue weighted by molar-refractivity contribution is 5.69. The Morgan fingerprint density at radius 3 is 2.50 bits per heavy atom. The Hall–Kier alpha value is -2.90. The zero-order chi connectivity index (χ0) is 19.1. The summed E-state index contributed by atoms with van der Waals surface area (Å²) in [6.07, 6.45) is -6.35. The Labute approximate surface area is 147 Å². The van der Waals surface area contributed by atoms with Gasteiger partial charge in [-0.15, -0.1) is 13.2 Å². The predicted molar refractivity (Wildman–Crippen MR) is 86.7 cm³/mol. The summed E-state index contributed by atoms with van der Waals surface area (Å²) in [5, 5.41) is 0. The maximum Gasteiger partial charge on any atom is 0.573 e. The highest BCUT2D eigenvalue weighted by Gasteiger charge is 2.44. The number of carbonyl (C=O) groups is 1. The van der Waals surface area contributed by atoms with E-state index in [-0.39, 0.29) is 5.75 Å². The van der Waals surface area contributed by atoms with Crippen molar-refractivity contribution in [2.75, 3.05) is 0 Å². The fourth-order valence-electron chi connectivity index (χ4n) is 2.92. The van der Waals surface area contributed by atoms with Crippen molar-refractivity contribution < 1.29 is 32.2 Å². The third-order valence-corrected chi connectivity index (χ3v) is 3.94. The highest BCUT2D eigenvalue weighted by atomic mass is 19.4. The average molecular weight is 367 g/mol. The van der Waals surface area contributed by atoms with Crippen LogP contribution in [0.15, 0.2) is 42.5 Å². The Morgan fingerprint density at radius 1 is 1.15 bits per heavy atom. The third kappa shape index (κ3) is 3.68. The van der Waals surface area contributed by atoms with Crippen LogP contribution in [0.2, 0.25) is 0 Å². The predicted octanol–water partition coefficient (Wildman–Crippen LogP) is 4.56. The molecule has 1 aliphatic rings. The van der Waals surface area contributed by atoms with Crippen LogP contribution in [0.4, 0.5) is 18.0 Å². The van der Waals surface area contributed by atoms with Crippen LogP contribution in [-0.2, 0) is 4.74 Å². The van der Waals surface area contributed by atoms with Crippen molar-refractivity contribution in [2.45, 2.75) is 31.9 Å². The number of ether oxygens (including phenoxy) is 3. The second-order valence-corrected chi connectivity index (χ2v) is 6.35. The largest absolute Gasteiger partial charge is 0.573 e. The van der Waals surface area contributed by atoms with Gasteiger partial charge in [-0.05, 0) is 43.2 Å². The maximum absolute atomic E-state index is 12.4. The Kier molecular flexibility index (Phi) is 4.21. The van der Waals surface area contributed by atoms with Gasteiger partial charge in [0.15, 0.2) is 6.10 Å². The number of benzene rings is 2. The summed E-state index contributed by atoms with van der Waals surface area (Å²) in [5.41, 5.74) is 6.09. The minimum atomic E-state index is -4.76. The van der Waals surface area contributed by atoms with Gasteiger partial charge in [-0.2, -0.15) is 0 Å². The van der Waals surface area contributed by atoms with Crippen LogP contribution in [0, 0.1) is 0 Å². The molecule has 138 valence electrons. The highest BCUT2D eigenvalue weighted by Crippen LogP contribution is 2.46. The molecule has 1 amide bonds. The first kappa shape index (κ1) is 17.9. The van der Waals surface area contributed by atoms with Crippen molar-refractivity contribution in [1.82, 2.24) is 0 Å². The van der Waals surface area contributed by atoms with Crippen molar-refractivity contribution in [3.63, 3.8) is 0 Å². The van der Waals surface area contributed by atoms with E-state index in [1.54, 1.807) is 38.1 Å². The molecular formula is C18H16F3NO4. The van der Waals surface area contributed by atoms with Crippen LogP contribution >= 0.6 is 0 Å². The Balaban J connectivity index is 1.94. The summed E-state index contributed by atoms with van der Waals surface area (Å²) in [4.78, 5) is 11.1. The monoisotopic (exact) mass is 367 g/mol. The first-order valence-electron chi connectivity index (χ1n) is 7.70. The fraction of sp³-hybridized carbons (Fsp3) is 0.278. The van der Waals surface area contributed by atoms with Gasteiger partial charge in [-0.25, -0.2) is 4.79 Å². The van der Waals surface area contributed by atoms with E-state index in [1.165, 1.54) is 18.2 Å². The first-order valence-corrected chi connectivity index (χ1v) is 7.70. The summed E-state index contributed by atoms with van der Waals surface area (Å²) in [5.74, 6) is 0.160. The molecule has 0 fully saturated rings. The number of primary amides is 1. The van der Waals surface area contributed by atoms with E-state index >= 15 is 0 Å². The molecule has 0 spiro atoms. The van der Waals surface area contributed by atoms with E-state index in [2.05, 4.69) is 4.74 Å². The van der Waals surface area contributed by atoms with E-state index in [0.29, 0.717) is 22.4 Å². The molecule has 2 N–H and O–H groups in total. The van der Waals surface area contributed by atoms with E-state index in [9.17, 15) is 18.0 Å². The molecule has 8 heteroatoms. The number of nitrogens with two attached hydrogens (primary N) is 1. The summed E-state index contributed by atoms with van der Waals surface area (Å²) < 4.78 is 52.1. The zero-order valence-corrected chi connectivity index (χ0v) is 14.0. The van der Waals surface area contributed by atoms with Gasteiger partial charge >= 0.3 is 12.5 Å². The minimum absolute atomic E-state index is 0.313. The molecule has 0 aliphatic carbocycles. The van der Waals surface area contributed by atoms with Gasteiger partial charge < -0.3 is 19.9 Å². The van der Waals surface area contributed by atoms with Gasteiger partial charge in [0, 0.05) is 5.56 Å². The minimum Gasteiger partial charge on any atom is -0.483 e. The number of alkyl halides is 3. The molecule has 0 saturated heterocycles. The zero-order valence-electron chi connectivity index (χ0n) is 14.0. The lowest BCUT2D eigenvalue weighted by Crippen LogP contribution is -2.34. The number of hydrogen-bond acceptors (Lipinski definition) is 4. The van der Waals surface area contributed by atoms with Gasteiger partial charge in [-0.1, -0.05) is 24.3 Å².